The molecule has 8 heteroatoms. The van der Waals surface area contributed by atoms with E-state index in [4.69, 9.17) is 4.74 Å². The van der Waals surface area contributed by atoms with E-state index in [1.807, 2.05) is 12.1 Å². The molecule has 0 N–H and O–H groups in total. The van der Waals surface area contributed by atoms with Crippen molar-refractivity contribution in [3.8, 4) is 5.75 Å². The predicted octanol–water partition coefficient (Wildman–Crippen LogP) is 1.94. The SMILES string of the molecule is COC(=O)c1nn(Cc2ccc(OC)cc2)c(C)c1[N+](=O)[O-]. The number of rotatable bonds is 5. The van der Waals surface area contributed by atoms with Gasteiger partial charge in [0.25, 0.3) is 0 Å². The topological polar surface area (TPSA) is 96.5 Å². The Hall–Kier alpha value is -2.90. The van der Waals surface area contributed by atoms with E-state index >= 15 is 0 Å². The first-order valence-electron chi connectivity index (χ1n) is 6.41. The minimum Gasteiger partial charge on any atom is -0.497 e. The summed E-state index contributed by atoms with van der Waals surface area (Å²) in [5.74, 6) is -0.120. The summed E-state index contributed by atoms with van der Waals surface area (Å²) in [6, 6.07) is 7.21. The summed E-state index contributed by atoms with van der Waals surface area (Å²) >= 11 is 0. The van der Waals surface area contributed by atoms with Crippen LogP contribution in [0.3, 0.4) is 0 Å². The van der Waals surface area contributed by atoms with Crippen LogP contribution in [0, 0.1) is 17.0 Å². The van der Waals surface area contributed by atoms with Gasteiger partial charge in [-0.3, -0.25) is 14.8 Å². The van der Waals surface area contributed by atoms with E-state index in [1.54, 1.807) is 26.2 Å². The van der Waals surface area contributed by atoms with E-state index in [2.05, 4.69) is 9.84 Å². The molecule has 0 spiro atoms. The molecule has 0 saturated carbocycles. The summed E-state index contributed by atoms with van der Waals surface area (Å²) < 4.78 is 11.0. The van der Waals surface area contributed by atoms with Crippen molar-refractivity contribution in [2.24, 2.45) is 0 Å². The molecule has 0 aliphatic carbocycles. The number of aromatic nitrogens is 2. The molecule has 2 aromatic rings. The maximum atomic E-state index is 11.6. The van der Waals surface area contributed by atoms with Gasteiger partial charge in [0.05, 0.1) is 25.7 Å². The quantitative estimate of drug-likeness (QED) is 0.476. The predicted molar refractivity (Wildman–Crippen MR) is 77.1 cm³/mol. The molecular formula is C14H15N3O5. The van der Waals surface area contributed by atoms with Crippen LogP contribution in [0.25, 0.3) is 0 Å². The zero-order valence-corrected chi connectivity index (χ0v) is 12.4. The Labute approximate surface area is 126 Å². The molecule has 0 unspecified atom stereocenters. The van der Waals surface area contributed by atoms with Gasteiger partial charge in [-0.2, -0.15) is 5.10 Å². The molecule has 0 bridgehead atoms. The van der Waals surface area contributed by atoms with E-state index in [9.17, 15) is 14.9 Å². The molecule has 0 aliphatic rings. The fourth-order valence-corrected chi connectivity index (χ4v) is 2.05. The van der Waals surface area contributed by atoms with Crippen molar-refractivity contribution in [2.45, 2.75) is 13.5 Å². The number of hydrogen-bond donors (Lipinski definition) is 0. The smallest absolute Gasteiger partial charge is 0.365 e. The fraction of sp³-hybridized carbons (Fsp3) is 0.286. The Morgan fingerprint density at radius 1 is 1.32 bits per heavy atom. The first kappa shape index (κ1) is 15.5. The number of hydrogen-bond acceptors (Lipinski definition) is 6. The van der Waals surface area contributed by atoms with Crippen molar-refractivity contribution in [3.63, 3.8) is 0 Å². The highest BCUT2D eigenvalue weighted by Gasteiger charge is 2.30. The van der Waals surface area contributed by atoms with E-state index in [0.717, 1.165) is 12.7 Å². The van der Waals surface area contributed by atoms with Gasteiger partial charge >= 0.3 is 11.7 Å². The Morgan fingerprint density at radius 3 is 2.45 bits per heavy atom. The van der Waals surface area contributed by atoms with Crippen LogP contribution in [0.5, 0.6) is 5.75 Å². The summed E-state index contributed by atoms with van der Waals surface area (Å²) in [5, 5.41) is 15.1. The lowest BCUT2D eigenvalue weighted by atomic mass is 10.2. The van der Waals surface area contributed by atoms with Crippen molar-refractivity contribution in [2.75, 3.05) is 14.2 Å². The number of ether oxygens (including phenoxy) is 2. The number of nitrogens with zero attached hydrogens (tertiary/aromatic N) is 3. The van der Waals surface area contributed by atoms with E-state index in [-0.39, 0.29) is 11.4 Å². The summed E-state index contributed by atoms with van der Waals surface area (Å²) in [4.78, 5) is 22.1. The van der Waals surface area contributed by atoms with Crippen molar-refractivity contribution in [1.82, 2.24) is 9.78 Å². The maximum Gasteiger partial charge on any atom is 0.365 e. The summed E-state index contributed by atoms with van der Waals surface area (Å²) in [6.45, 7) is 1.84. The Morgan fingerprint density at radius 2 is 1.95 bits per heavy atom. The largest absolute Gasteiger partial charge is 0.497 e. The molecule has 0 amide bonds. The van der Waals surface area contributed by atoms with Gasteiger partial charge in [-0.05, 0) is 24.6 Å². The van der Waals surface area contributed by atoms with Gasteiger partial charge in [-0.25, -0.2) is 4.79 Å². The molecule has 1 heterocycles. The van der Waals surface area contributed by atoms with Crippen LogP contribution in [-0.2, 0) is 11.3 Å². The third kappa shape index (κ3) is 2.90. The van der Waals surface area contributed by atoms with Gasteiger partial charge in [0.15, 0.2) is 0 Å². The van der Waals surface area contributed by atoms with Gasteiger partial charge < -0.3 is 9.47 Å². The average molecular weight is 305 g/mol. The van der Waals surface area contributed by atoms with E-state index < -0.39 is 10.9 Å². The van der Waals surface area contributed by atoms with Crippen LogP contribution in [0.1, 0.15) is 21.7 Å². The molecular weight excluding hydrogens is 290 g/mol. The maximum absolute atomic E-state index is 11.6. The van der Waals surface area contributed by atoms with Gasteiger partial charge in [-0.15, -0.1) is 0 Å². The molecule has 0 aliphatic heterocycles. The molecule has 0 atom stereocenters. The van der Waals surface area contributed by atoms with Crippen molar-refractivity contribution < 1.29 is 19.2 Å². The van der Waals surface area contributed by atoms with E-state index in [1.165, 1.54) is 4.68 Å². The second-order valence-electron chi connectivity index (χ2n) is 4.54. The minimum absolute atomic E-state index is 0.293. The number of carbonyl (C=O) groups is 1. The van der Waals surface area contributed by atoms with Crippen LogP contribution >= 0.6 is 0 Å². The van der Waals surface area contributed by atoms with Crippen LogP contribution in [0.4, 0.5) is 5.69 Å². The number of benzene rings is 1. The molecule has 1 aromatic carbocycles. The van der Waals surface area contributed by atoms with Crippen LogP contribution in [0.2, 0.25) is 0 Å². The molecule has 1 aromatic heterocycles. The van der Waals surface area contributed by atoms with Gasteiger partial charge in [0.2, 0.25) is 5.69 Å². The molecule has 0 saturated heterocycles. The Bertz CT molecular complexity index is 706. The second-order valence-corrected chi connectivity index (χ2v) is 4.54. The molecule has 8 nitrogen and oxygen atoms in total. The van der Waals surface area contributed by atoms with Crippen molar-refractivity contribution in [3.05, 3.63) is 51.3 Å². The fourth-order valence-electron chi connectivity index (χ4n) is 2.05. The average Bonchev–Trinajstić information content (AvgIpc) is 2.84. The molecule has 0 fully saturated rings. The monoisotopic (exact) mass is 305 g/mol. The lowest BCUT2D eigenvalue weighted by Crippen LogP contribution is -2.07. The second kappa shape index (κ2) is 6.25. The first-order valence-corrected chi connectivity index (χ1v) is 6.41. The first-order chi connectivity index (χ1) is 10.5. The van der Waals surface area contributed by atoms with Gasteiger partial charge in [-0.1, -0.05) is 12.1 Å². The molecule has 0 radical (unpaired) electrons. The highest BCUT2D eigenvalue weighted by Crippen LogP contribution is 2.24. The lowest BCUT2D eigenvalue weighted by Gasteiger charge is -2.05. The molecule has 2 rings (SSSR count). The van der Waals surface area contributed by atoms with Gasteiger partial charge in [0.1, 0.15) is 11.4 Å². The van der Waals surface area contributed by atoms with E-state index in [0.29, 0.717) is 18.0 Å². The van der Waals surface area contributed by atoms with Crippen LogP contribution < -0.4 is 4.74 Å². The number of nitro groups is 1. The lowest BCUT2D eigenvalue weighted by molar-refractivity contribution is -0.385. The molecule has 116 valence electrons. The number of methoxy groups -OCH3 is 2. The number of esters is 1. The minimum atomic E-state index is -0.830. The van der Waals surface area contributed by atoms with Crippen molar-refractivity contribution >= 4 is 11.7 Å². The van der Waals surface area contributed by atoms with Crippen LogP contribution in [0.15, 0.2) is 24.3 Å². The van der Waals surface area contributed by atoms with Crippen LogP contribution in [-0.4, -0.2) is 34.9 Å². The van der Waals surface area contributed by atoms with Gasteiger partial charge in [0, 0.05) is 0 Å². The highest BCUT2D eigenvalue weighted by molar-refractivity contribution is 5.92. The summed E-state index contributed by atoms with van der Waals surface area (Å²) in [5.41, 5.74) is 0.540. The van der Waals surface area contributed by atoms with Crippen molar-refractivity contribution in [1.29, 1.82) is 0 Å². The Balaban J connectivity index is 2.38. The highest BCUT2D eigenvalue weighted by atomic mass is 16.6. The third-order valence-electron chi connectivity index (χ3n) is 3.23. The standard InChI is InChI=1S/C14H15N3O5/c1-9-13(17(19)20)12(14(18)22-3)15-16(9)8-10-4-6-11(21-2)7-5-10/h4-7H,8H2,1-3H3. The zero-order chi connectivity index (χ0) is 16.3. The zero-order valence-electron chi connectivity index (χ0n) is 12.4. The number of carbonyl (C=O) groups excluding carboxylic acids is 1. The molecule has 22 heavy (non-hydrogen) atoms. The normalized spacial score (nSPS) is 10.3. The Kier molecular flexibility index (Phi) is 4.40. The summed E-state index contributed by atoms with van der Waals surface area (Å²) in [6.07, 6.45) is 0. The third-order valence-corrected chi connectivity index (χ3v) is 3.23. The summed E-state index contributed by atoms with van der Waals surface area (Å²) in [7, 11) is 2.72.